The first-order valence-corrected chi connectivity index (χ1v) is 8.43. The molecule has 1 N–H and O–H groups in total. The molecule has 0 atom stereocenters. The summed E-state index contributed by atoms with van der Waals surface area (Å²) in [7, 11) is 0. The predicted octanol–water partition coefficient (Wildman–Crippen LogP) is 3.77. The highest BCUT2D eigenvalue weighted by atomic mass is 16.4. The van der Waals surface area contributed by atoms with Crippen LogP contribution in [0.3, 0.4) is 0 Å². The minimum absolute atomic E-state index is 0.0787. The van der Waals surface area contributed by atoms with E-state index in [2.05, 4.69) is 29.2 Å². The van der Waals surface area contributed by atoms with Crippen molar-refractivity contribution in [2.24, 2.45) is 5.92 Å². The number of aryl methyl sites for hydroxylation is 1. The smallest absolute Gasteiger partial charge is 0.226 e. The van der Waals surface area contributed by atoms with Gasteiger partial charge in [-0.1, -0.05) is 44.2 Å². The van der Waals surface area contributed by atoms with E-state index in [1.165, 1.54) is 0 Å². The Kier molecular flexibility index (Phi) is 5.28. The molecule has 0 saturated heterocycles. The number of benzene rings is 1. The summed E-state index contributed by atoms with van der Waals surface area (Å²) >= 11 is 0. The highest BCUT2D eigenvalue weighted by Crippen LogP contribution is 2.20. The van der Waals surface area contributed by atoms with Crippen LogP contribution in [0.25, 0.3) is 11.3 Å². The Morgan fingerprint density at radius 3 is 2.80 bits per heavy atom. The Morgan fingerprint density at radius 2 is 2.04 bits per heavy atom. The van der Waals surface area contributed by atoms with Gasteiger partial charge in [0.2, 0.25) is 5.91 Å². The van der Waals surface area contributed by atoms with Gasteiger partial charge in [0.1, 0.15) is 5.82 Å². The SMILES string of the molecule is CC(C)Cn1nccc1NC(=O)CCc1ncc(-c2ccccc2)o1. The lowest BCUT2D eigenvalue weighted by molar-refractivity contribution is -0.116. The molecule has 2 aromatic heterocycles. The molecule has 0 aliphatic carbocycles. The van der Waals surface area contributed by atoms with Crippen LogP contribution in [0.4, 0.5) is 5.82 Å². The van der Waals surface area contributed by atoms with Gasteiger partial charge in [-0.05, 0) is 5.92 Å². The molecule has 0 fully saturated rings. The molecule has 0 bridgehead atoms. The largest absolute Gasteiger partial charge is 0.441 e. The summed E-state index contributed by atoms with van der Waals surface area (Å²) in [5.74, 6) is 2.37. The summed E-state index contributed by atoms with van der Waals surface area (Å²) in [4.78, 5) is 16.4. The van der Waals surface area contributed by atoms with Gasteiger partial charge in [0.25, 0.3) is 0 Å². The highest BCUT2D eigenvalue weighted by molar-refractivity contribution is 5.89. The molecule has 25 heavy (non-hydrogen) atoms. The number of nitrogens with zero attached hydrogens (tertiary/aromatic N) is 3. The van der Waals surface area contributed by atoms with E-state index in [1.54, 1.807) is 23.1 Å². The number of rotatable bonds is 7. The van der Waals surface area contributed by atoms with E-state index in [4.69, 9.17) is 4.42 Å². The molecular formula is C19H22N4O2. The third-order valence-corrected chi connectivity index (χ3v) is 3.70. The summed E-state index contributed by atoms with van der Waals surface area (Å²) in [6.45, 7) is 4.99. The summed E-state index contributed by atoms with van der Waals surface area (Å²) in [6.07, 6.45) is 4.15. The average molecular weight is 338 g/mol. The number of amides is 1. The van der Waals surface area contributed by atoms with Crippen molar-refractivity contribution in [1.82, 2.24) is 14.8 Å². The monoisotopic (exact) mass is 338 g/mol. The number of hydrogen-bond donors (Lipinski definition) is 1. The minimum atomic E-state index is -0.0787. The second kappa shape index (κ2) is 7.79. The number of aromatic nitrogens is 3. The molecule has 3 aromatic rings. The third kappa shape index (κ3) is 4.56. The van der Waals surface area contributed by atoms with Crippen molar-refractivity contribution in [3.8, 4) is 11.3 Å². The third-order valence-electron chi connectivity index (χ3n) is 3.70. The average Bonchev–Trinajstić information content (AvgIpc) is 3.23. The maximum absolute atomic E-state index is 12.2. The predicted molar refractivity (Wildman–Crippen MR) is 96.0 cm³/mol. The van der Waals surface area contributed by atoms with E-state index in [9.17, 15) is 4.79 Å². The van der Waals surface area contributed by atoms with Gasteiger partial charge >= 0.3 is 0 Å². The lowest BCUT2D eigenvalue weighted by Gasteiger charge is -2.10. The van der Waals surface area contributed by atoms with Crippen LogP contribution >= 0.6 is 0 Å². The summed E-state index contributed by atoms with van der Waals surface area (Å²) in [5.41, 5.74) is 0.975. The second-order valence-corrected chi connectivity index (χ2v) is 6.32. The fourth-order valence-electron chi connectivity index (χ4n) is 2.52. The topological polar surface area (TPSA) is 73.0 Å². The lowest BCUT2D eigenvalue weighted by Crippen LogP contribution is -2.17. The zero-order valence-electron chi connectivity index (χ0n) is 14.5. The molecule has 130 valence electrons. The molecule has 0 aliphatic rings. The van der Waals surface area contributed by atoms with Crippen LogP contribution in [-0.4, -0.2) is 20.7 Å². The Bertz CT molecular complexity index is 821. The van der Waals surface area contributed by atoms with Crippen LogP contribution in [0.1, 0.15) is 26.2 Å². The summed E-state index contributed by atoms with van der Waals surface area (Å²) in [5, 5.41) is 7.13. The number of nitrogens with one attached hydrogen (secondary N) is 1. The van der Waals surface area contributed by atoms with E-state index < -0.39 is 0 Å². The number of oxazole rings is 1. The molecule has 3 rings (SSSR count). The molecule has 0 unspecified atom stereocenters. The molecular weight excluding hydrogens is 316 g/mol. The molecule has 0 radical (unpaired) electrons. The van der Waals surface area contributed by atoms with Gasteiger partial charge in [-0.2, -0.15) is 5.10 Å². The first-order valence-electron chi connectivity index (χ1n) is 8.43. The summed E-state index contributed by atoms with van der Waals surface area (Å²) in [6, 6.07) is 11.6. The normalized spacial score (nSPS) is 11.0. The van der Waals surface area contributed by atoms with E-state index in [-0.39, 0.29) is 5.91 Å². The van der Waals surface area contributed by atoms with Crippen molar-refractivity contribution < 1.29 is 9.21 Å². The molecule has 1 amide bonds. The molecule has 0 aliphatic heterocycles. The summed E-state index contributed by atoms with van der Waals surface area (Å²) < 4.78 is 7.53. The standard InChI is InChI=1S/C19H22N4O2/c1-14(2)13-23-17(10-11-21-23)22-18(24)8-9-19-20-12-16(25-19)15-6-4-3-5-7-15/h3-7,10-12,14H,8-9,13H2,1-2H3,(H,22,24). The highest BCUT2D eigenvalue weighted by Gasteiger charge is 2.11. The molecule has 1 aromatic carbocycles. The van der Waals surface area contributed by atoms with Crippen molar-refractivity contribution in [3.63, 3.8) is 0 Å². The first kappa shape index (κ1) is 17.0. The molecule has 6 heteroatoms. The van der Waals surface area contributed by atoms with Crippen LogP contribution < -0.4 is 5.32 Å². The van der Waals surface area contributed by atoms with Crippen molar-refractivity contribution >= 4 is 11.7 Å². The van der Waals surface area contributed by atoms with E-state index in [1.807, 2.05) is 30.3 Å². The fourth-order valence-corrected chi connectivity index (χ4v) is 2.52. The van der Waals surface area contributed by atoms with Crippen LogP contribution in [0.2, 0.25) is 0 Å². The lowest BCUT2D eigenvalue weighted by atomic mass is 10.2. The number of anilines is 1. The maximum Gasteiger partial charge on any atom is 0.226 e. The van der Waals surface area contributed by atoms with Gasteiger partial charge in [0, 0.05) is 31.0 Å². The Hall–Kier alpha value is -2.89. The number of hydrogen-bond acceptors (Lipinski definition) is 4. The quantitative estimate of drug-likeness (QED) is 0.712. The van der Waals surface area contributed by atoms with E-state index in [0.717, 1.165) is 17.9 Å². The Balaban J connectivity index is 1.55. The molecule has 2 heterocycles. The van der Waals surface area contributed by atoms with Crippen molar-refractivity contribution in [1.29, 1.82) is 0 Å². The number of carbonyl (C=O) groups excluding carboxylic acids is 1. The Morgan fingerprint density at radius 1 is 1.24 bits per heavy atom. The first-order chi connectivity index (χ1) is 12.1. The van der Waals surface area contributed by atoms with Crippen LogP contribution in [0.15, 0.2) is 53.2 Å². The Labute approximate surface area is 146 Å². The van der Waals surface area contributed by atoms with E-state index >= 15 is 0 Å². The van der Waals surface area contributed by atoms with Crippen LogP contribution in [0, 0.1) is 5.92 Å². The van der Waals surface area contributed by atoms with Gasteiger partial charge in [0.15, 0.2) is 11.7 Å². The van der Waals surface area contributed by atoms with Crippen LogP contribution in [0.5, 0.6) is 0 Å². The van der Waals surface area contributed by atoms with Crippen molar-refractivity contribution in [2.75, 3.05) is 5.32 Å². The molecule has 0 spiro atoms. The van der Waals surface area contributed by atoms with E-state index in [0.29, 0.717) is 30.4 Å². The van der Waals surface area contributed by atoms with Gasteiger partial charge in [0.05, 0.1) is 12.4 Å². The van der Waals surface area contributed by atoms with Gasteiger partial charge in [-0.3, -0.25) is 4.79 Å². The van der Waals surface area contributed by atoms with Gasteiger partial charge in [-0.15, -0.1) is 0 Å². The second-order valence-electron chi connectivity index (χ2n) is 6.32. The zero-order chi connectivity index (χ0) is 17.6. The maximum atomic E-state index is 12.2. The van der Waals surface area contributed by atoms with Gasteiger partial charge < -0.3 is 9.73 Å². The van der Waals surface area contributed by atoms with Crippen molar-refractivity contribution in [3.05, 3.63) is 54.7 Å². The minimum Gasteiger partial charge on any atom is -0.441 e. The van der Waals surface area contributed by atoms with Crippen LogP contribution in [-0.2, 0) is 17.8 Å². The molecule has 6 nitrogen and oxygen atoms in total. The fraction of sp³-hybridized carbons (Fsp3) is 0.316. The zero-order valence-corrected chi connectivity index (χ0v) is 14.5. The molecule has 0 saturated carbocycles. The van der Waals surface area contributed by atoms with Gasteiger partial charge in [-0.25, -0.2) is 9.67 Å². The van der Waals surface area contributed by atoms with Crippen molar-refractivity contribution in [2.45, 2.75) is 33.2 Å². The number of carbonyl (C=O) groups is 1.